The van der Waals surface area contributed by atoms with Crippen LogP contribution in [0.3, 0.4) is 0 Å². The highest BCUT2D eigenvalue weighted by molar-refractivity contribution is 7.00. The van der Waals surface area contributed by atoms with Crippen LogP contribution in [-0.4, -0.2) is 11.3 Å². The van der Waals surface area contributed by atoms with Gasteiger partial charge in [-0.05, 0) is 159 Å². The summed E-state index contributed by atoms with van der Waals surface area (Å²) >= 11 is 0. The monoisotopic (exact) mass is 1100 g/mol. The van der Waals surface area contributed by atoms with E-state index in [1.807, 2.05) is 0 Å². The summed E-state index contributed by atoms with van der Waals surface area (Å²) in [6.07, 6.45) is 0. The topological polar surface area (TPSA) is 11.4 Å². The number of para-hydroxylation sites is 2. The van der Waals surface area contributed by atoms with Crippen molar-refractivity contribution >= 4 is 101 Å². The standard InChI is InChI=1S/C82H64BN3/c1-81(2,3)58-40-43-60(44-41-58)84-74-49-57(79-66-34-18-16-32-64(66)78(55-28-14-9-15-29-55)65-33-17-19-35-67(65)79)39-46-69(74)83-70-45-38-56(53-24-10-7-11-25-53)48-75(70)86(73-47-42-59(82(4,5)6)50-68(73)54-26-12-8-13-27-54)77-52-61(51-76(84)80(77)83)85-71-36-22-20-30-62(71)63-31-21-23-37-72(63)85/h7-52H,1-6H3. The van der Waals surface area contributed by atoms with Crippen LogP contribution < -0.4 is 26.2 Å². The molecule has 0 spiro atoms. The molecule has 0 radical (unpaired) electrons. The number of nitrogens with zero attached hydrogens (tertiary/aromatic N) is 3. The molecule has 0 fully saturated rings. The molecule has 0 saturated carbocycles. The number of fused-ring (bicyclic) bond motifs is 9. The molecule has 0 N–H and O–H groups in total. The molecule has 2 aliphatic heterocycles. The number of anilines is 6. The van der Waals surface area contributed by atoms with Crippen molar-refractivity contribution in [1.29, 1.82) is 0 Å². The van der Waals surface area contributed by atoms with Crippen LogP contribution in [-0.2, 0) is 10.8 Å². The van der Waals surface area contributed by atoms with E-state index in [-0.39, 0.29) is 17.5 Å². The molecule has 0 amide bonds. The predicted octanol–water partition coefficient (Wildman–Crippen LogP) is 20.4. The molecule has 16 rings (SSSR count). The van der Waals surface area contributed by atoms with Crippen molar-refractivity contribution in [2.45, 2.75) is 52.4 Å². The van der Waals surface area contributed by atoms with Crippen LogP contribution in [0.25, 0.3) is 93.5 Å². The van der Waals surface area contributed by atoms with Gasteiger partial charge in [0.1, 0.15) is 0 Å². The zero-order valence-electron chi connectivity index (χ0n) is 49.5. The molecule has 3 nitrogen and oxygen atoms in total. The van der Waals surface area contributed by atoms with Crippen LogP contribution >= 0.6 is 0 Å². The maximum atomic E-state index is 2.63. The summed E-state index contributed by atoms with van der Waals surface area (Å²) in [7, 11) is 0. The zero-order valence-corrected chi connectivity index (χ0v) is 49.5. The lowest BCUT2D eigenvalue weighted by Crippen LogP contribution is -2.61. The Morgan fingerprint density at radius 1 is 0.279 bits per heavy atom. The molecule has 0 atom stereocenters. The number of benzene rings is 13. The molecular formula is C82H64BN3. The number of hydrogen-bond donors (Lipinski definition) is 0. The van der Waals surface area contributed by atoms with E-state index in [0.29, 0.717) is 0 Å². The third-order valence-electron chi connectivity index (χ3n) is 18.5. The highest BCUT2D eigenvalue weighted by atomic mass is 15.2. The minimum absolute atomic E-state index is 0.0396. The van der Waals surface area contributed by atoms with Crippen molar-refractivity contribution in [2.24, 2.45) is 0 Å². The van der Waals surface area contributed by atoms with E-state index in [9.17, 15) is 0 Å². The lowest BCUT2D eigenvalue weighted by atomic mass is 9.33. The maximum Gasteiger partial charge on any atom is 0.252 e. The molecule has 0 aliphatic carbocycles. The van der Waals surface area contributed by atoms with Gasteiger partial charge in [0.2, 0.25) is 0 Å². The molecule has 410 valence electrons. The lowest BCUT2D eigenvalue weighted by Gasteiger charge is -2.45. The Morgan fingerprint density at radius 2 is 0.709 bits per heavy atom. The molecule has 86 heavy (non-hydrogen) atoms. The second-order valence-corrected chi connectivity index (χ2v) is 25.6. The van der Waals surface area contributed by atoms with Gasteiger partial charge in [-0.3, -0.25) is 0 Å². The highest BCUT2D eigenvalue weighted by Gasteiger charge is 2.45. The third-order valence-corrected chi connectivity index (χ3v) is 18.5. The van der Waals surface area contributed by atoms with E-state index in [2.05, 4.69) is 335 Å². The average molecular weight is 1100 g/mol. The molecule has 2 aliphatic rings. The summed E-state index contributed by atoms with van der Waals surface area (Å²) in [5.74, 6) is 0. The smallest absolute Gasteiger partial charge is 0.252 e. The molecule has 1 aromatic heterocycles. The Balaban J connectivity index is 1.05. The minimum atomic E-state index is -0.139. The summed E-state index contributed by atoms with van der Waals surface area (Å²) in [6, 6.07) is 105. The van der Waals surface area contributed by atoms with Crippen molar-refractivity contribution in [3.05, 3.63) is 290 Å². The van der Waals surface area contributed by atoms with E-state index in [1.54, 1.807) is 0 Å². The molecule has 0 bridgehead atoms. The van der Waals surface area contributed by atoms with Gasteiger partial charge in [0.15, 0.2) is 0 Å². The Morgan fingerprint density at radius 3 is 1.26 bits per heavy atom. The fraction of sp³-hybridized carbons (Fsp3) is 0.0976. The number of hydrogen-bond acceptors (Lipinski definition) is 2. The Hall–Kier alpha value is -10.2. The average Bonchev–Trinajstić information content (AvgIpc) is 0.793. The lowest BCUT2D eigenvalue weighted by molar-refractivity contribution is 0.590. The largest absolute Gasteiger partial charge is 0.311 e. The summed E-state index contributed by atoms with van der Waals surface area (Å²) in [5.41, 5.74) is 26.2. The fourth-order valence-corrected chi connectivity index (χ4v) is 14.3. The normalized spacial score (nSPS) is 12.9. The van der Waals surface area contributed by atoms with Gasteiger partial charge in [0.05, 0.1) is 22.4 Å². The molecule has 14 aromatic rings. The van der Waals surface area contributed by atoms with E-state index in [0.717, 1.165) is 28.4 Å². The van der Waals surface area contributed by atoms with E-state index < -0.39 is 0 Å². The van der Waals surface area contributed by atoms with Crippen LogP contribution in [0.1, 0.15) is 52.7 Å². The van der Waals surface area contributed by atoms with Gasteiger partial charge in [0.25, 0.3) is 6.71 Å². The Bertz CT molecular complexity index is 4900. The summed E-state index contributed by atoms with van der Waals surface area (Å²) in [6.45, 7) is 13.8. The van der Waals surface area contributed by atoms with Gasteiger partial charge in [-0.25, -0.2) is 0 Å². The molecule has 0 saturated heterocycles. The van der Waals surface area contributed by atoms with Gasteiger partial charge in [-0.1, -0.05) is 260 Å². The number of aromatic nitrogens is 1. The fourth-order valence-electron chi connectivity index (χ4n) is 14.3. The van der Waals surface area contributed by atoms with Gasteiger partial charge in [0, 0.05) is 44.8 Å². The molecule has 4 heteroatoms. The minimum Gasteiger partial charge on any atom is -0.311 e. The zero-order chi connectivity index (χ0) is 58.0. The maximum absolute atomic E-state index is 2.63. The highest BCUT2D eigenvalue weighted by Crippen LogP contribution is 2.51. The van der Waals surface area contributed by atoms with Crippen LogP contribution in [0.15, 0.2) is 279 Å². The number of rotatable bonds is 7. The summed E-state index contributed by atoms with van der Waals surface area (Å²) in [5, 5.41) is 7.41. The molecular weight excluding hydrogens is 1040 g/mol. The first-order chi connectivity index (χ1) is 42.0. The van der Waals surface area contributed by atoms with Crippen LogP contribution in [0, 0.1) is 0 Å². The van der Waals surface area contributed by atoms with Gasteiger partial charge in [-0.15, -0.1) is 0 Å². The van der Waals surface area contributed by atoms with E-state index >= 15 is 0 Å². The van der Waals surface area contributed by atoms with E-state index in [1.165, 1.54) is 127 Å². The Labute approximate surface area is 504 Å². The van der Waals surface area contributed by atoms with Crippen LogP contribution in [0.2, 0.25) is 0 Å². The Kier molecular flexibility index (Phi) is 11.8. The SMILES string of the molecule is CC(C)(C)c1ccc(N2c3cc(-c4c5ccccc5c(-c5ccccc5)c5ccccc45)ccc3B3c4ccc(-c5ccccc5)cc4N(c4ccc(C(C)(C)C)cc4-c4ccccc4)c4cc(-n5c6ccccc6c6ccccc65)cc2c43)cc1. The van der Waals surface area contributed by atoms with Gasteiger partial charge in [-0.2, -0.15) is 0 Å². The van der Waals surface area contributed by atoms with Crippen molar-refractivity contribution < 1.29 is 0 Å². The first-order valence-corrected chi connectivity index (χ1v) is 30.4. The van der Waals surface area contributed by atoms with Crippen LogP contribution in [0.5, 0.6) is 0 Å². The van der Waals surface area contributed by atoms with Crippen molar-refractivity contribution in [2.75, 3.05) is 9.80 Å². The van der Waals surface area contributed by atoms with Crippen molar-refractivity contribution in [1.82, 2.24) is 4.57 Å². The first kappa shape index (κ1) is 51.5. The van der Waals surface area contributed by atoms with Gasteiger partial charge < -0.3 is 14.4 Å². The second-order valence-electron chi connectivity index (χ2n) is 25.6. The molecule has 3 heterocycles. The summed E-state index contributed by atoms with van der Waals surface area (Å²) in [4.78, 5) is 5.25. The van der Waals surface area contributed by atoms with Gasteiger partial charge >= 0.3 is 0 Å². The third kappa shape index (κ3) is 8.18. The quantitative estimate of drug-likeness (QED) is 0.116. The predicted molar refractivity (Wildman–Crippen MR) is 369 cm³/mol. The molecule has 13 aromatic carbocycles. The molecule has 0 unspecified atom stereocenters. The van der Waals surface area contributed by atoms with Crippen molar-refractivity contribution in [3.8, 4) is 50.2 Å². The van der Waals surface area contributed by atoms with Crippen LogP contribution in [0.4, 0.5) is 34.1 Å². The second kappa shape index (κ2) is 19.7. The summed E-state index contributed by atoms with van der Waals surface area (Å²) < 4.78 is 2.52. The van der Waals surface area contributed by atoms with Crippen molar-refractivity contribution in [3.63, 3.8) is 0 Å². The first-order valence-electron chi connectivity index (χ1n) is 30.4. The van der Waals surface area contributed by atoms with E-state index in [4.69, 9.17) is 0 Å².